The van der Waals surface area contributed by atoms with Crippen molar-refractivity contribution in [3.63, 3.8) is 0 Å². The zero-order chi connectivity index (χ0) is 9.84. The van der Waals surface area contributed by atoms with E-state index in [2.05, 4.69) is 11.9 Å². The van der Waals surface area contributed by atoms with Gasteiger partial charge in [0, 0.05) is 30.0 Å². The van der Waals surface area contributed by atoms with Gasteiger partial charge in [0.05, 0.1) is 6.54 Å². The van der Waals surface area contributed by atoms with E-state index in [9.17, 15) is 4.79 Å². The molecule has 0 amide bonds. The number of halogens is 1. The molecule has 1 rings (SSSR count). The van der Waals surface area contributed by atoms with Crippen molar-refractivity contribution in [2.75, 3.05) is 11.9 Å². The average Bonchev–Trinajstić information content (AvgIpc) is 2.07. The van der Waals surface area contributed by atoms with Gasteiger partial charge in [-0.2, -0.15) is 0 Å². The molecule has 1 heterocycles. The van der Waals surface area contributed by atoms with E-state index in [0.717, 1.165) is 5.69 Å². The third-order valence-electron chi connectivity index (χ3n) is 1.59. The average molecular weight is 199 g/mol. The van der Waals surface area contributed by atoms with Crippen LogP contribution in [0.1, 0.15) is 0 Å². The van der Waals surface area contributed by atoms with E-state index in [1.54, 1.807) is 19.3 Å². The Bertz CT molecular complexity index is 370. The van der Waals surface area contributed by atoms with Crippen LogP contribution >= 0.6 is 11.6 Å². The lowest BCUT2D eigenvalue weighted by Gasteiger charge is -2.04. The molecule has 0 aromatic carbocycles. The highest BCUT2D eigenvalue weighted by atomic mass is 35.5. The van der Waals surface area contributed by atoms with Crippen molar-refractivity contribution >= 4 is 17.3 Å². The van der Waals surface area contributed by atoms with Crippen molar-refractivity contribution in [3.05, 3.63) is 40.3 Å². The largest absolute Gasteiger partial charge is 0.380 e. The minimum atomic E-state index is -0.0508. The van der Waals surface area contributed by atoms with Crippen molar-refractivity contribution in [3.8, 4) is 0 Å². The molecule has 1 N–H and O–H groups in total. The van der Waals surface area contributed by atoms with Crippen molar-refractivity contribution in [2.24, 2.45) is 7.05 Å². The van der Waals surface area contributed by atoms with E-state index >= 15 is 0 Å². The van der Waals surface area contributed by atoms with Crippen LogP contribution in [0, 0.1) is 0 Å². The Kier molecular flexibility index (Phi) is 3.14. The molecule has 1 aromatic rings. The summed E-state index contributed by atoms with van der Waals surface area (Å²) in [6.07, 6.45) is 1.70. The molecular formula is C9H11ClN2O. The summed E-state index contributed by atoms with van der Waals surface area (Å²) in [5.41, 5.74) is 0.704. The van der Waals surface area contributed by atoms with Crippen molar-refractivity contribution in [2.45, 2.75) is 0 Å². The highest BCUT2D eigenvalue weighted by molar-refractivity contribution is 6.29. The molecule has 0 spiro atoms. The Morgan fingerprint density at radius 3 is 3.00 bits per heavy atom. The van der Waals surface area contributed by atoms with E-state index in [1.165, 1.54) is 10.6 Å². The first-order chi connectivity index (χ1) is 6.09. The van der Waals surface area contributed by atoms with Gasteiger partial charge in [-0.3, -0.25) is 4.79 Å². The second-order valence-corrected chi connectivity index (χ2v) is 3.27. The molecule has 0 fully saturated rings. The van der Waals surface area contributed by atoms with E-state index in [0.29, 0.717) is 11.6 Å². The molecule has 0 aliphatic rings. The van der Waals surface area contributed by atoms with Gasteiger partial charge in [-0.25, -0.2) is 0 Å². The standard InChI is InChI=1S/C9H11ClN2O/c1-7(10)6-11-8-3-4-12(2)9(13)5-8/h3-5,11H,1,6H2,2H3. The number of hydrogen-bond donors (Lipinski definition) is 1. The Labute approximate surface area is 81.6 Å². The fourth-order valence-corrected chi connectivity index (χ4v) is 0.923. The summed E-state index contributed by atoms with van der Waals surface area (Å²) >= 11 is 5.56. The van der Waals surface area contributed by atoms with Crippen LogP contribution in [0.25, 0.3) is 0 Å². The summed E-state index contributed by atoms with van der Waals surface area (Å²) < 4.78 is 1.50. The Hall–Kier alpha value is -1.22. The van der Waals surface area contributed by atoms with Gasteiger partial charge in [0.25, 0.3) is 5.56 Å². The summed E-state index contributed by atoms with van der Waals surface area (Å²) in [5, 5.41) is 3.48. The second kappa shape index (κ2) is 4.14. The van der Waals surface area contributed by atoms with Crippen LogP contribution in [0.3, 0.4) is 0 Å². The van der Waals surface area contributed by atoms with Gasteiger partial charge in [-0.1, -0.05) is 18.2 Å². The first-order valence-electron chi connectivity index (χ1n) is 3.83. The summed E-state index contributed by atoms with van der Waals surface area (Å²) in [7, 11) is 1.70. The first kappa shape index (κ1) is 9.86. The van der Waals surface area contributed by atoms with Crippen LogP contribution in [0.15, 0.2) is 34.7 Å². The molecule has 0 bridgehead atoms. The van der Waals surface area contributed by atoms with Crippen LogP contribution in [0.2, 0.25) is 0 Å². The third-order valence-corrected chi connectivity index (χ3v) is 1.72. The number of nitrogens with one attached hydrogen (secondary N) is 1. The van der Waals surface area contributed by atoms with Crippen LogP contribution in [0.5, 0.6) is 0 Å². The summed E-state index contributed by atoms with van der Waals surface area (Å²) in [5.74, 6) is 0. The molecule has 0 aliphatic carbocycles. The van der Waals surface area contributed by atoms with Gasteiger partial charge in [-0.15, -0.1) is 0 Å². The van der Waals surface area contributed by atoms with Gasteiger partial charge in [0.1, 0.15) is 0 Å². The van der Waals surface area contributed by atoms with Gasteiger partial charge >= 0.3 is 0 Å². The predicted molar refractivity (Wildman–Crippen MR) is 55.2 cm³/mol. The molecular weight excluding hydrogens is 188 g/mol. The van der Waals surface area contributed by atoms with E-state index in [1.807, 2.05) is 0 Å². The fraction of sp³-hybridized carbons (Fsp3) is 0.222. The lowest BCUT2D eigenvalue weighted by Crippen LogP contribution is -2.15. The maximum Gasteiger partial charge on any atom is 0.252 e. The van der Waals surface area contributed by atoms with Crippen molar-refractivity contribution < 1.29 is 0 Å². The molecule has 0 atom stereocenters. The monoisotopic (exact) mass is 198 g/mol. The normalized spacial score (nSPS) is 9.69. The number of rotatable bonds is 3. The number of pyridine rings is 1. The molecule has 1 aromatic heterocycles. The minimum absolute atomic E-state index is 0.0508. The molecule has 0 saturated carbocycles. The maximum atomic E-state index is 11.2. The Morgan fingerprint density at radius 2 is 2.46 bits per heavy atom. The summed E-state index contributed by atoms with van der Waals surface area (Å²) in [4.78, 5) is 11.2. The van der Waals surface area contributed by atoms with Gasteiger partial charge in [-0.05, 0) is 6.07 Å². The summed E-state index contributed by atoms with van der Waals surface area (Å²) in [6, 6.07) is 3.32. The topological polar surface area (TPSA) is 34.0 Å². The van der Waals surface area contributed by atoms with Crippen molar-refractivity contribution in [1.29, 1.82) is 0 Å². The second-order valence-electron chi connectivity index (χ2n) is 2.74. The predicted octanol–water partition coefficient (Wildman–Crippen LogP) is 1.55. The van der Waals surface area contributed by atoms with E-state index in [4.69, 9.17) is 11.6 Å². The number of aryl methyl sites for hydroxylation is 1. The molecule has 4 heteroatoms. The maximum absolute atomic E-state index is 11.2. The highest BCUT2D eigenvalue weighted by Gasteiger charge is 1.94. The molecule has 3 nitrogen and oxygen atoms in total. The third kappa shape index (κ3) is 2.95. The van der Waals surface area contributed by atoms with E-state index in [-0.39, 0.29) is 5.56 Å². The smallest absolute Gasteiger partial charge is 0.252 e. The quantitative estimate of drug-likeness (QED) is 0.800. The van der Waals surface area contributed by atoms with Gasteiger partial charge < -0.3 is 9.88 Å². The Morgan fingerprint density at radius 1 is 1.77 bits per heavy atom. The lowest BCUT2D eigenvalue weighted by molar-refractivity contribution is 0.860. The number of hydrogen-bond acceptors (Lipinski definition) is 2. The minimum Gasteiger partial charge on any atom is -0.380 e. The first-order valence-corrected chi connectivity index (χ1v) is 4.21. The van der Waals surface area contributed by atoms with Crippen LogP contribution in [0.4, 0.5) is 5.69 Å². The molecule has 0 saturated heterocycles. The van der Waals surface area contributed by atoms with Gasteiger partial charge in [0.15, 0.2) is 0 Å². The van der Waals surface area contributed by atoms with Crippen molar-refractivity contribution in [1.82, 2.24) is 4.57 Å². The fourth-order valence-electron chi connectivity index (χ4n) is 0.856. The van der Waals surface area contributed by atoms with Crippen LogP contribution < -0.4 is 10.9 Å². The molecule has 13 heavy (non-hydrogen) atoms. The lowest BCUT2D eigenvalue weighted by atomic mass is 10.4. The zero-order valence-electron chi connectivity index (χ0n) is 7.38. The van der Waals surface area contributed by atoms with Crippen LogP contribution in [-0.4, -0.2) is 11.1 Å². The molecule has 70 valence electrons. The van der Waals surface area contributed by atoms with E-state index < -0.39 is 0 Å². The number of aromatic nitrogens is 1. The molecule has 0 aliphatic heterocycles. The highest BCUT2D eigenvalue weighted by Crippen LogP contribution is 2.04. The van der Waals surface area contributed by atoms with Gasteiger partial charge in [0.2, 0.25) is 0 Å². The summed E-state index contributed by atoms with van der Waals surface area (Å²) in [6.45, 7) is 4.00. The Balaban J connectivity index is 2.74. The zero-order valence-corrected chi connectivity index (χ0v) is 8.14. The molecule has 0 radical (unpaired) electrons. The molecule has 0 unspecified atom stereocenters. The van der Waals surface area contributed by atoms with Crippen LogP contribution in [-0.2, 0) is 7.05 Å². The number of anilines is 1. The SMILES string of the molecule is C=C(Cl)CNc1ccn(C)c(=O)c1. The number of nitrogens with zero attached hydrogens (tertiary/aromatic N) is 1.